The number of nitrogens with one attached hydrogen (secondary N) is 2. The van der Waals surface area contributed by atoms with Gasteiger partial charge in [-0.15, -0.1) is 5.10 Å². The Morgan fingerprint density at radius 3 is 3.00 bits per heavy atom. The molecule has 1 aromatic rings. The first-order valence-electron chi connectivity index (χ1n) is 4.94. The second-order valence-corrected chi connectivity index (χ2v) is 3.17. The Morgan fingerprint density at radius 1 is 1.65 bits per heavy atom. The molecule has 0 atom stereocenters. The third-order valence-corrected chi connectivity index (χ3v) is 1.93. The molecule has 6 N–H and O–H groups in total. The number of aryl methyl sites for hydroxylation is 1. The van der Waals surface area contributed by atoms with Crippen LogP contribution in [0.3, 0.4) is 0 Å². The smallest absolute Gasteiger partial charge is 0.343 e. The summed E-state index contributed by atoms with van der Waals surface area (Å²) in [5.41, 5.74) is 5.50. The first-order valence-corrected chi connectivity index (χ1v) is 4.94. The van der Waals surface area contributed by atoms with Gasteiger partial charge >= 0.3 is 6.03 Å². The number of hydrogen-bond donors (Lipinski definition) is 4. The van der Waals surface area contributed by atoms with E-state index in [2.05, 4.69) is 30.9 Å². The highest BCUT2D eigenvalue weighted by atomic mass is 16.2. The minimum Gasteiger partial charge on any atom is -0.368 e. The number of rotatable bonds is 4. The molecule has 0 fully saturated rings. The number of carbonyl (C=O) groups is 1. The van der Waals surface area contributed by atoms with E-state index < -0.39 is 6.03 Å². The lowest BCUT2D eigenvalue weighted by atomic mass is 10.3. The quantitative estimate of drug-likeness (QED) is 0.205. The van der Waals surface area contributed by atoms with Crippen molar-refractivity contribution in [2.75, 3.05) is 13.6 Å². The summed E-state index contributed by atoms with van der Waals surface area (Å²) in [6, 6.07) is -0.544. The van der Waals surface area contributed by atoms with E-state index in [-0.39, 0.29) is 5.96 Å². The maximum absolute atomic E-state index is 10.9. The highest BCUT2D eigenvalue weighted by Gasteiger charge is 2.05. The summed E-state index contributed by atoms with van der Waals surface area (Å²) in [6.45, 7) is 0.438. The van der Waals surface area contributed by atoms with Crippen molar-refractivity contribution >= 4 is 12.0 Å². The van der Waals surface area contributed by atoms with Crippen molar-refractivity contribution in [3.63, 3.8) is 0 Å². The molecule has 10 heteroatoms. The van der Waals surface area contributed by atoms with Crippen LogP contribution in [0.4, 0.5) is 4.79 Å². The number of tetrazole rings is 1. The average Bonchev–Trinajstić information content (AvgIpc) is 2.81. The Bertz CT molecular complexity index is 373. The number of amides is 2. The van der Waals surface area contributed by atoms with Crippen LogP contribution < -0.4 is 16.9 Å². The van der Waals surface area contributed by atoms with Crippen LogP contribution in [0.2, 0.25) is 0 Å². The Morgan fingerprint density at radius 2 is 2.41 bits per heavy atom. The van der Waals surface area contributed by atoms with E-state index in [1.807, 2.05) is 0 Å². The summed E-state index contributed by atoms with van der Waals surface area (Å²) in [5.74, 6) is 6.22. The number of urea groups is 1. The van der Waals surface area contributed by atoms with Crippen LogP contribution in [0.25, 0.3) is 0 Å². The predicted octanol–water partition coefficient (Wildman–Crippen LogP) is -2.04. The summed E-state index contributed by atoms with van der Waals surface area (Å²) < 4.78 is 0. The third kappa shape index (κ3) is 4.42. The molecule has 0 radical (unpaired) electrons. The van der Waals surface area contributed by atoms with Crippen LogP contribution in [-0.2, 0) is 6.42 Å². The van der Waals surface area contributed by atoms with Crippen molar-refractivity contribution in [3.05, 3.63) is 5.82 Å². The van der Waals surface area contributed by atoms with Gasteiger partial charge in [-0.1, -0.05) is 0 Å². The topological polar surface area (TPSA) is 151 Å². The average molecular weight is 241 g/mol. The van der Waals surface area contributed by atoms with E-state index in [4.69, 9.17) is 11.6 Å². The molecule has 1 heterocycles. The molecule has 0 spiro atoms. The largest absolute Gasteiger partial charge is 0.368 e. The van der Waals surface area contributed by atoms with Crippen molar-refractivity contribution in [3.8, 4) is 0 Å². The van der Waals surface area contributed by atoms with Gasteiger partial charge in [-0.2, -0.15) is 4.99 Å². The summed E-state index contributed by atoms with van der Waals surface area (Å²) in [4.78, 5) is 14.4. The fraction of sp³-hybridized carbons (Fsp3) is 0.571. The van der Waals surface area contributed by atoms with Crippen molar-refractivity contribution in [2.24, 2.45) is 16.6 Å². The lowest BCUT2D eigenvalue weighted by Gasteiger charge is -2.16. The van der Waals surface area contributed by atoms with Gasteiger partial charge in [-0.05, 0) is 16.8 Å². The number of hydrazine groups is 1. The zero-order valence-corrected chi connectivity index (χ0v) is 9.42. The second kappa shape index (κ2) is 6.37. The van der Waals surface area contributed by atoms with Gasteiger partial charge in [0.05, 0.1) is 0 Å². The molecule has 0 bridgehead atoms. The van der Waals surface area contributed by atoms with E-state index in [0.29, 0.717) is 25.2 Å². The fourth-order valence-electron chi connectivity index (χ4n) is 1.04. The van der Waals surface area contributed by atoms with Crippen LogP contribution in [0.1, 0.15) is 12.2 Å². The molecule has 2 amide bonds. The number of hydrogen-bond acceptors (Lipinski definition) is 5. The Kier molecular flexibility index (Phi) is 4.81. The van der Waals surface area contributed by atoms with Crippen LogP contribution in [-0.4, -0.2) is 51.2 Å². The van der Waals surface area contributed by atoms with Gasteiger partial charge in [0.2, 0.25) is 5.96 Å². The van der Waals surface area contributed by atoms with Crippen molar-refractivity contribution in [1.82, 2.24) is 30.9 Å². The van der Waals surface area contributed by atoms with Crippen molar-refractivity contribution < 1.29 is 4.79 Å². The molecule has 0 aliphatic rings. The zero-order valence-electron chi connectivity index (χ0n) is 9.42. The molecular weight excluding hydrogens is 226 g/mol. The maximum atomic E-state index is 10.9. The molecule has 0 aromatic carbocycles. The number of aromatic amines is 1. The van der Waals surface area contributed by atoms with E-state index in [1.54, 1.807) is 0 Å². The molecule has 0 unspecified atom stereocenters. The summed E-state index contributed by atoms with van der Waals surface area (Å²) >= 11 is 0. The molecular formula is C7H15N9O. The van der Waals surface area contributed by atoms with Crippen LogP contribution in [0.15, 0.2) is 4.99 Å². The predicted molar refractivity (Wildman–Crippen MR) is 59.5 cm³/mol. The van der Waals surface area contributed by atoms with Crippen LogP contribution in [0.5, 0.6) is 0 Å². The minimum absolute atomic E-state index is 0.0416. The fourth-order valence-corrected chi connectivity index (χ4v) is 1.04. The second-order valence-electron chi connectivity index (χ2n) is 3.17. The summed E-state index contributed by atoms with van der Waals surface area (Å²) in [6.07, 6.45) is 1.31. The minimum atomic E-state index is -0.544. The first-order chi connectivity index (χ1) is 8.13. The van der Waals surface area contributed by atoms with Gasteiger partial charge in [0.25, 0.3) is 0 Å². The molecule has 0 saturated heterocycles. The number of H-pyrrole nitrogens is 1. The van der Waals surface area contributed by atoms with Gasteiger partial charge in [-0.3, -0.25) is 5.01 Å². The van der Waals surface area contributed by atoms with E-state index >= 15 is 0 Å². The van der Waals surface area contributed by atoms with Gasteiger partial charge in [0.1, 0.15) is 5.82 Å². The lowest BCUT2D eigenvalue weighted by Crippen LogP contribution is -2.44. The number of nitrogens with two attached hydrogens (primary N) is 2. The highest BCUT2D eigenvalue weighted by Crippen LogP contribution is 1.93. The van der Waals surface area contributed by atoms with Gasteiger partial charge in [0, 0.05) is 20.0 Å². The van der Waals surface area contributed by atoms with Gasteiger partial charge in [-0.25, -0.2) is 15.7 Å². The number of aliphatic imine (C=N–C) groups is 1. The Hall–Kier alpha value is -2.23. The van der Waals surface area contributed by atoms with Crippen LogP contribution >= 0.6 is 0 Å². The van der Waals surface area contributed by atoms with Crippen molar-refractivity contribution in [1.29, 1.82) is 0 Å². The normalized spacial score (nSPS) is 11.3. The number of carbonyl (C=O) groups excluding carboxylic acids is 1. The van der Waals surface area contributed by atoms with Crippen molar-refractivity contribution in [2.45, 2.75) is 12.8 Å². The lowest BCUT2D eigenvalue weighted by molar-refractivity contribution is 0.250. The number of guanidine groups is 1. The monoisotopic (exact) mass is 241 g/mol. The molecule has 17 heavy (non-hydrogen) atoms. The first kappa shape index (κ1) is 12.8. The molecule has 0 saturated carbocycles. The highest BCUT2D eigenvalue weighted by molar-refractivity contribution is 5.91. The summed E-state index contributed by atoms with van der Waals surface area (Å²) in [5, 5.41) is 16.7. The summed E-state index contributed by atoms with van der Waals surface area (Å²) in [7, 11) is 1.46. The Labute approximate surface area is 97.4 Å². The van der Waals surface area contributed by atoms with E-state index in [0.717, 1.165) is 0 Å². The molecule has 10 nitrogen and oxygen atoms in total. The van der Waals surface area contributed by atoms with E-state index in [9.17, 15) is 4.79 Å². The molecule has 1 rings (SSSR count). The molecule has 0 aliphatic heterocycles. The SMILES string of the molecule is CNC(=O)/N=C(\N)N(N)CCCc1nnn[nH]1. The van der Waals surface area contributed by atoms with E-state index in [1.165, 1.54) is 12.1 Å². The molecule has 94 valence electrons. The Balaban J connectivity index is 2.31. The molecule has 1 aromatic heterocycles. The maximum Gasteiger partial charge on any atom is 0.343 e. The number of aromatic nitrogens is 4. The van der Waals surface area contributed by atoms with Gasteiger partial charge < -0.3 is 11.1 Å². The molecule has 0 aliphatic carbocycles. The van der Waals surface area contributed by atoms with Gasteiger partial charge in [0.15, 0.2) is 0 Å². The van der Waals surface area contributed by atoms with Crippen LogP contribution in [0, 0.1) is 0 Å². The zero-order chi connectivity index (χ0) is 12.7. The number of nitrogens with zero attached hydrogens (tertiary/aromatic N) is 5. The standard InChI is InChI=1S/C7H15N9O/c1-10-7(17)11-6(8)16(9)4-2-3-5-12-14-15-13-5/h2-4,9H2,1H3,(H3,8,10,11,17)(H,12,13,14,15). The third-order valence-electron chi connectivity index (χ3n) is 1.93.